The third-order valence-corrected chi connectivity index (χ3v) is 5.08. The molecule has 0 aromatic carbocycles. The number of aromatic amines is 1. The van der Waals surface area contributed by atoms with E-state index >= 15 is 0 Å². The Morgan fingerprint density at radius 3 is 2.77 bits per heavy atom. The standard InChI is InChI=1S/C19H20N4O2S/c1-3-14(16-8-6-10-26-16)22-17(24)11-13-12(2)21-18(23-19(13)25)15-7-4-5-9-20-15/h4-10,14H,3,11H2,1-2H3,(H,22,24)(H,21,23,25)/t14-/m0/s1. The lowest BCUT2D eigenvalue weighted by atomic mass is 10.1. The number of thiophene rings is 1. The molecule has 0 aliphatic carbocycles. The normalized spacial score (nSPS) is 11.9. The summed E-state index contributed by atoms with van der Waals surface area (Å²) >= 11 is 1.61. The molecule has 0 fully saturated rings. The van der Waals surface area contributed by atoms with Gasteiger partial charge in [0.1, 0.15) is 5.69 Å². The summed E-state index contributed by atoms with van der Waals surface area (Å²) in [7, 11) is 0. The smallest absolute Gasteiger partial charge is 0.255 e. The fourth-order valence-electron chi connectivity index (χ4n) is 2.71. The van der Waals surface area contributed by atoms with Gasteiger partial charge in [-0.2, -0.15) is 0 Å². The number of nitrogens with zero attached hydrogens (tertiary/aromatic N) is 2. The maximum atomic E-state index is 12.5. The average Bonchev–Trinajstić information content (AvgIpc) is 3.18. The number of aryl methyl sites for hydroxylation is 1. The first kappa shape index (κ1) is 18.0. The summed E-state index contributed by atoms with van der Waals surface area (Å²) in [6, 6.07) is 9.32. The SMILES string of the molecule is CC[C@H](NC(=O)Cc1c(C)nc(-c2ccccn2)[nH]c1=O)c1cccs1. The number of aromatic nitrogens is 3. The van der Waals surface area contributed by atoms with Gasteiger partial charge >= 0.3 is 0 Å². The van der Waals surface area contributed by atoms with E-state index in [0.717, 1.165) is 11.3 Å². The molecule has 26 heavy (non-hydrogen) atoms. The Morgan fingerprint density at radius 2 is 2.15 bits per heavy atom. The zero-order valence-electron chi connectivity index (χ0n) is 14.7. The predicted octanol–water partition coefficient (Wildman–Crippen LogP) is 3.01. The fraction of sp³-hybridized carbons (Fsp3) is 0.263. The minimum absolute atomic E-state index is 0.00145. The van der Waals surface area contributed by atoms with Crippen LogP contribution in [0.2, 0.25) is 0 Å². The summed E-state index contributed by atoms with van der Waals surface area (Å²) < 4.78 is 0. The van der Waals surface area contributed by atoms with Gasteiger partial charge in [0.15, 0.2) is 5.82 Å². The molecule has 134 valence electrons. The summed E-state index contributed by atoms with van der Waals surface area (Å²) in [5.74, 6) is 0.216. The van der Waals surface area contributed by atoms with E-state index in [2.05, 4.69) is 20.3 Å². The molecular formula is C19H20N4O2S. The molecule has 0 spiro atoms. The first-order chi connectivity index (χ1) is 12.6. The van der Waals surface area contributed by atoms with Crippen molar-refractivity contribution in [2.45, 2.75) is 32.7 Å². The summed E-state index contributed by atoms with van der Waals surface area (Å²) in [4.78, 5) is 37.3. The van der Waals surface area contributed by atoms with Crippen molar-refractivity contribution in [3.05, 3.63) is 68.4 Å². The molecule has 7 heteroatoms. The number of pyridine rings is 1. The van der Waals surface area contributed by atoms with Gasteiger partial charge in [0.25, 0.3) is 5.56 Å². The Morgan fingerprint density at radius 1 is 1.31 bits per heavy atom. The van der Waals surface area contributed by atoms with Crippen molar-refractivity contribution >= 4 is 17.2 Å². The van der Waals surface area contributed by atoms with Gasteiger partial charge in [-0.25, -0.2) is 4.98 Å². The minimum Gasteiger partial charge on any atom is -0.348 e. The lowest BCUT2D eigenvalue weighted by Gasteiger charge is -2.15. The number of rotatable bonds is 6. The topological polar surface area (TPSA) is 87.7 Å². The molecule has 0 saturated heterocycles. The molecule has 0 aliphatic rings. The Labute approximate surface area is 155 Å². The number of hydrogen-bond acceptors (Lipinski definition) is 5. The molecule has 0 unspecified atom stereocenters. The van der Waals surface area contributed by atoms with E-state index in [1.165, 1.54) is 0 Å². The van der Waals surface area contributed by atoms with E-state index in [1.54, 1.807) is 36.6 Å². The van der Waals surface area contributed by atoms with Crippen LogP contribution in [-0.2, 0) is 11.2 Å². The lowest BCUT2D eigenvalue weighted by Crippen LogP contribution is -2.31. The van der Waals surface area contributed by atoms with Gasteiger partial charge in [0.05, 0.1) is 12.5 Å². The summed E-state index contributed by atoms with van der Waals surface area (Å²) in [5.41, 5.74) is 1.20. The highest BCUT2D eigenvalue weighted by atomic mass is 32.1. The van der Waals surface area contributed by atoms with Crippen LogP contribution in [0.25, 0.3) is 11.5 Å². The van der Waals surface area contributed by atoms with Gasteiger partial charge < -0.3 is 10.3 Å². The highest BCUT2D eigenvalue weighted by Gasteiger charge is 2.17. The van der Waals surface area contributed by atoms with Gasteiger partial charge in [0, 0.05) is 22.3 Å². The van der Waals surface area contributed by atoms with Crippen molar-refractivity contribution in [3.8, 4) is 11.5 Å². The maximum Gasteiger partial charge on any atom is 0.255 e. The van der Waals surface area contributed by atoms with Gasteiger partial charge in [-0.15, -0.1) is 11.3 Å². The van der Waals surface area contributed by atoms with Crippen LogP contribution < -0.4 is 10.9 Å². The maximum absolute atomic E-state index is 12.5. The molecule has 0 radical (unpaired) electrons. The van der Waals surface area contributed by atoms with E-state index in [4.69, 9.17) is 0 Å². The highest BCUT2D eigenvalue weighted by Crippen LogP contribution is 2.21. The Kier molecular flexibility index (Phi) is 5.58. The Bertz CT molecular complexity index is 936. The van der Waals surface area contributed by atoms with E-state index in [9.17, 15) is 9.59 Å². The molecule has 3 rings (SSSR count). The van der Waals surface area contributed by atoms with Crippen LogP contribution in [0, 0.1) is 6.92 Å². The van der Waals surface area contributed by atoms with Gasteiger partial charge in [0.2, 0.25) is 5.91 Å². The second-order valence-electron chi connectivity index (χ2n) is 5.91. The van der Waals surface area contributed by atoms with E-state index in [1.807, 2.05) is 30.5 Å². The van der Waals surface area contributed by atoms with Crippen molar-refractivity contribution in [1.82, 2.24) is 20.3 Å². The molecule has 6 nitrogen and oxygen atoms in total. The monoisotopic (exact) mass is 368 g/mol. The molecule has 1 amide bonds. The van der Waals surface area contributed by atoms with Crippen molar-refractivity contribution < 1.29 is 4.79 Å². The van der Waals surface area contributed by atoms with Crippen LogP contribution in [0.1, 0.15) is 35.5 Å². The van der Waals surface area contributed by atoms with Crippen molar-refractivity contribution in [2.75, 3.05) is 0 Å². The number of carbonyl (C=O) groups excluding carboxylic acids is 1. The van der Waals surface area contributed by atoms with Crippen molar-refractivity contribution in [2.24, 2.45) is 0 Å². The van der Waals surface area contributed by atoms with Gasteiger partial charge in [-0.1, -0.05) is 19.1 Å². The molecule has 1 atom stereocenters. The van der Waals surface area contributed by atoms with Gasteiger partial charge in [-0.3, -0.25) is 14.6 Å². The molecule has 0 aliphatic heterocycles. The first-order valence-corrected chi connectivity index (χ1v) is 9.30. The Balaban J connectivity index is 1.77. The lowest BCUT2D eigenvalue weighted by molar-refractivity contribution is -0.121. The van der Waals surface area contributed by atoms with Gasteiger partial charge in [-0.05, 0) is 36.9 Å². The zero-order chi connectivity index (χ0) is 18.5. The highest BCUT2D eigenvalue weighted by molar-refractivity contribution is 7.10. The Hall–Kier alpha value is -2.80. The molecule has 3 aromatic heterocycles. The van der Waals surface area contributed by atoms with Crippen LogP contribution >= 0.6 is 11.3 Å². The number of hydrogen-bond donors (Lipinski definition) is 2. The van der Waals surface area contributed by atoms with E-state index in [-0.39, 0.29) is 23.9 Å². The number of carbonyl (C=O) groups is 1. The second kappa shape index (κ2) is 8.05. The number of nitrogens with one attached hydrogen (secondary N) is 2. The van der Waals surface area contributed by atoms with Crippen LogP contribution in [0.4, 0.5) is 0 Å². The van der Waals surface area contributed by atoms with Crippen molar-refractivity contribution in [3.63, 3.8) is 0 Å². The zero-order valence-corrected chi connectivity index (χ0v) is 15.5. The quantitative estimate of drug-likeness (QED) is 0.700. The number of H-pyrrole nitrogens is 1. The second-order valence-corrected chi connectivity index (χ2v) is 6.89. The summed E-state index contributed by atoms with van der Waals surface area (Å²) in [6.45, 7) is 3.76. The summed E-state index contributed by atoms with van der Waals surface area (Å²) in [5, 5.41) is 4.98. The summed E-state index contributed by atoms with van der Waals surface area (Å²) in [6.07, 6.45) is 2.43. The average molecular weight is 368 g/mol. The van der Waals surface area contributed by atoms with Crippen LogP contribution in [0.3, 0.4) is 0 Å². The molecule has 0 saturated carbocycles. The van der Waals surface area contributed by atoms with Crippen LogP contribution in [0.5, 0.6) is 0 Å². The molecule has 3 aromatic rings. The van der Waals surface area contributed by atoms with Crippen LogP contribution in [-0.4, -0.2) is 20.9 Å². The van der Waals surface area contributed by atoms with E-state index in [0.29, 0.717) is 22.8 Å². The third kappa shape index (κ3) is 4.05. The van der Waals surface area contributed by atoms with E-state index < -0.39 is 0 Å². The largest absolute Gasteiger partial charge is 0.348 e. The van der Waals surface area contributed by atoms with Crippen molar-refractivity contribution in [1.29, 1.82) is 0 Å². The molecule has 0 bridgehead atoms. The molecular weight excluding hydrogens is 348 g/mol. The predicted molar refractivity (Wildman–Crippen MR) is 102 cm³/mol. The first-order valence-electron chi connectivity index (χ1n) is 8.42. The third-order valence-electron chi connectivity index (χ3n) is 4.10. The minimum atomic E-state index is -0.308. The fourth-order valence-corrected chi connectivity index (χ4v) is 3.57. The number of amides is 1. The molecule has 2 N–H and O–H groups in total. The van der Waals surface area contributed by atoms with Crippen LogP contribution in [0.15, 0.2) is 46.7 Å². The molecule has 3 heterocycles.